The summed E-state index contributed by atoms with van der Waals surface area (Å²) in [6.07, 6.45) is 4.80. The van der Waals surface area contributed by atoms with Gasteiger partial charge in [0.15, 0.2) is 0 Å². The second-order valence-corrected chi connectivity index (χ2v) is 5.51. The lowest BCUT2D eigenvalue weighted by Gasteiger charge is -2.10. The molecule has 23 heavy (non-hydrogen) atoms. The summed E-state index contributed by atoms with van der Waals surface area (Å²) in [4.78, 5) is 25.5. The van der Waals surface area contributed by atoms with Crippen molar-refractivity contribution < 1.29 is 0 Å². The molecule has 112 valence electrons. The van der Waals surface area contributed by atoms with E-state index in [-0.39, 0.29) is 5.56 Å². The zero-order valence-corrected chi connectivity index (χ0v) is 12.6. The number of hydrogen-bond acceptors (Lipinski definition) is 4. The van der Waals surface area contributed by atoms with Gasteiger partial charge in [0.1, 0.15) is 0 Å². The van der Waals surface area contributed by atoms with Crippen molar-refractivity contribution in [1.82, 2.24) is 19.5 Å². The van der Waals surface area contributed by atoms with Crippen molar-refractivity contribution >= 4 is 21.8 Å². The van der Waals surface area contributed by atoms with E-state index in [0.717, 1.165) is 22.2 Å². The number of benzene rings is 1. The van der Waals surface area contributed by atoms with Crippen LogP contribution in [0.1, 0.15) is 11.3 Å². The van der Waals surface area contributed by atoms with Gasteiger partial charge in [-0.2, -0.15) is 0 Å². The third-order valence-electron chi connectivity index (χ3n) is 3.90. The predicted molar refractivity (Wildman–Crippen MR) is 89.4 cm³/mol. The fourth-order valence-electron chi connectivity index (χ4n) is 2.83. The van der Waals surface area contributed by atoms with Crippen molar-refractivity contribution in [2.45, 2.75) is 13.5 Å². The monoisotopic (exact) mass is 302 g/mol. The summed E-state index contributed by atoms with van der Waals surface area (Å²) in [5, 5.41) is 1.64. The maximum Gasteiger partial charge on any atom is 0.261 e. The van der Waals surface area contributed by atoms with Crippen LogP contribution in [0.2, 0.25) is 0 Å². The van der Waals surface area contributed by atoms with E-state index in [0.29, 0.717) is 17.4 Å². The first-order valence-electron chi connectivity index (χ1n) is 7.37. The number of aromatic nitrogens is 4. The molecule has 1 aromatic carbocycles. The van der Waals surface area contributed by atoms with Gasteiger partial charge in [-0.3, -0.25) is 19.3 Å². The summed E-state index contributed by atoms with van der Waals surface area (Å²) in [5.74, 6) is 0. The predicted octanol–water partition coefficient (Wildman–Crippen LogP) is 2.70. The minimum Gasteiger partial charge on any atom is -0.294 e. The van der Waals surface area contributed by atoms with Crippen LogP contribution < -0.4 is 5.56 Å². The average Bonchev–Trinajstić information content (AvgIpc) is 2.57. The van der Waals surface area contributed by atoms with Crippen LogP contribution in [0.25, 0.3) is 21.8 Å². The van der Waals surface area contributed by atoms with Crippen molar-refractivity contribution in [2.75, 3.05) is 0 Å². The molecule has 0 N–H and O–H groups in total. The van der Waals surface area contributed by atoms with E-state index in [2.05, 4.69) is 15.0 Å². The van der Waals surface area contributed by atoms with Crippen molar-refractivity contribution in [3.8, 4) is 0 Å². The highest BCUT2D eigenvalue weighted by Gasteiger charge is 2.08. The Morgan fingerprint density at radius 3 is 2.87 bits per heavy atom. The topological polar surface area (TPSA) is 60.7 Å². The molecule has 5 heteroatoms. The first-order chi connectivity index (χ1) is 11.2. The lowest BCUT2D eigenvalue weighted by Crippen LogP contribution is -2.21. The second kappa shape index (κ2) is 5.28. The largest absolute Gasteiger partial charge is 0.294 e. The minimum atomic E-state index is -0.0593. The molecule has 3 aromatic heterocycles. The van der Waals surface area contributed by atoms with Crippen LogP contribution in [0.3, 0.4) is 0 Å². The fraction of sp³-hybridized carbons (Fsp3) is 0.111. The summed E-state index contributed by atoms with van der Waals surface area (Å²) < 4.78 is 1.63. The van der Waals surface area contributed by atoms with Crippen molar-refractivity contribution in [3.05, 3.63) is 76.7 Å². The number of nitrogens with zero attached hydrogens (tertiary/aromatic N) is 4. The molecule has 0 bridgehead atoms. The van der Waals surface area contributed by atoms with Crippen molar-refractivity contribution in [2.24, 2.45) is 0 Å². The van der Waals surface area contributed by atoms with E-state index < -0.39 is 0 Å². The molecule has 4 rings (SSSR count). The van der Waals surface area contributed by atoms with Crippen LogP contribution in [0.15, 0.2) is 59.9 Å². The molecule has 5 nitrogen and oxygen atoms in total. The second-order valence-electron chi connectivity index (χ2n) is 5.51. The van der Waals surface area contributed by atoms with Gasteiger partial charge in [0.2, 0.25) is 0 Å². The molecule has 3 heterocycles. The Bertz CT molecular complexity index is 1080. The highest BCUT2D eigenvalue weighted by atomic mass is 16.1. The van der Waals surface area contributed by atoms with E-state index in [9.17, 15) is 4.79 Å². The minimum absolute atomic E-state index is 0.0593. The van der Waals surface area contributed by atoms with Crippen molar-refractivity contribution in [1.29, 1.82) is 0 Å². The lowest BCUT2D eigenvalue weighted by molar-refractivity contribution is 0.751. The van der Waals surface area contributed by atoms with Gasteiger partial charge in [-0.05, 0) is 30.7 Å². The number of pyridine rings is 2. The molecule has 0 radical (unpaired) electrons. The Kier molecular flexibility index (Phi) is 3.12. The Labute approximate surface area is 132 Å². The number of aryl methyl sites for hydroxylation is 1. The molecule has 0 fully saturated rings. The first kappa shape index (κ1) is 13.6. The molecular formula is C18H14N4O. The third-order valence-corrected chi connectivity index (χ3v) is 3.90. The third kappa shape index (κ3) is 2.36. The van der Waals surface area contributed by atoms with Crippen LogP contribution in [0.5, 0.6) is 0 Å². The Balaban J connectivity index is 1.88. The van der Waals surface area contributed by atoms with E-state index >= 15 is 0 Å². The quantitative estimate of drug-likeness (QED) is 0.571. The van der Waals surface area contributed by atoms with Gasteiger partial charge in [0.25, 0.3) is 5.56 Å². The normalized spacial score (nSPS) is 11.2. The highest BCUT2D eigenvalue weighted by Crippen LogP contribution is 2.19. The van der Waals surface area contributed by atoms with Gasteiger partial charge in [0, 0.05) is 17.3 Å². The molecule has 0 unspecified atom stereocenters. The van der Waals surface area contributed by atoms with Gasteiger partial charge in [-0.1, -0.05) is 18.2 Å². The van der Waals surface area contributed by atoms with E-state index in [1.165, 1.54) is 0 Å². The molecule has 0 spiro atoms. The summed E-state index contributed by atoms with van der Waals surface area (Å²) in [5.41, 5.74) is 3.49. The number of fused-ring (bicyclic) bond motifs is 2. The van der Waals surface area contributed by atoms with Crippen LogP contribution in [-0.2, 0) is 6.54 Å². The number of para-hydroxylation sites is 1. The average molecular weight is 302 g/mol. The van der Waals surface area contributed by atoms with Gasteiger partial charge < -0.3 is 0 Å². The van der Waals surface area contributed by atoms with Crippen LogP contribution in [0, 0.1) is 6.92 Å². The van der Waals surface area contributed by atoms with Crippen molar-refractivity contribution in [3.63, 3.8) is 0 Å². The summed E-state index contributed by atoms with van der Waals surface area (Å²) >= 11 is 0. The zero-order chi connectivity index (χ0) is 15.8. The molecule has 0 aliphatic carbocycles. The SMILES string of the molecule is Cc1cc(Cn2cnc3cnccc3c2=O)c2ccccc2n1. The Morgan fingerprint density at radius 2 is 1.96 bits per heavy atom. The van der Waals surface area contributed by atoms with Gasteiger partial charge in [-0.15, -0.1) is 0 Å². The van der Waals surface area contributed by atoms with E-state index in [4.69, 9.17) is 0 Å². The molecule has 0 saturated heterocycles. The smallest absolute Gasteiger partial charge is 0.261 e. The molecule has 0 atom stereocenters. The molecule has 4 aromatic rings. The van der Waals surface area contributed by atoms with Crippen LogP contribution in [0.4, 0.5) is 0 Å². The fourth-order valence-corrected chi connectivity index (χ4v) is 2.83. The number of rotatable bonds is 2. The molecule has 0 aliphatic heterocycles. The van der Waals surface area contributed by atoms with Crippen LogP contribution in [-0.4, -0.2) is 19.5 Å². The molecule has 0 amide bonds. The lowest BCUT2D eigenvalue weighted by atomic mass is 10.1. The zero-order valence-electron chi connectivity index (χ0n) is 12.6. The van der Waals surface area contributed by atoms with Gasteiger partial charge >= 0.3 is 0 Å². The van der Waals surface area contributed by atoms with E-state index in [1.54, 1.807) is 29.4 Å². The molecule has 0 saturated carbocycles. The molecule has 0 aliphatic rings. The van der Waals surface area contributed by atoms with Gasteiger partial charge in [-0.25, -0.2) is 4.98 Å². The highest BCUT2D eigenvalue weighted by molar-refractivity contribution is 5.82. The summed E-state index contributed by atoms with van der Waals surface area (Å²) in [6.45, 7) is 2.43. The van der Waals surface area contributed by atoms with Gasteiger partial charge in [0.05, 0.1) is 35.5 Å². The van der Waals surface area contributed by atoms with E-state index in [1.807, 2.05) is 37.3 Å². The maximum absolute atomic E-state index is 12.6. The Morgan fingerprint density at radius 1 is 1.09 bits per heavy atom. The first-order valence-corrected chi connectivity index (χ1v) is 7.37. The standard InChI is InChI=1S/C18H14N4O/c1-12-8-13(14-4-2-3-5-16(14)21-12)10-22-11-20-17-9-19-7-6-15(17)18(22)23/h2-9,11H,10H2,1H3. The Hall–Kier alpha value is -3.08. The maximum atomic E-state index is 12.6. The summed E-state index contributed by atoms with van der Waals surface area (Å²) in [7, 11) is 0. The number of hydrogen-bond donors (Lipinski definition) is 0. The van der Waals surface area contributed by atoms with Crippen LogP contribution >= 0.6 is 0 Å². The summed E-state index contributed by atoms with van der Waals surface area (Å²) in [6, 6.07) is 11.7. The molecular weight excluding hydrogens is 288 g/mol.